The van der Waals surface area contributed by atoms with Gasteiger partial charge in [-0.05, 0) is 58.0 Å². The summed E-state index contributed by atoms with van der Waals surface area (Å²) in [4.78, 5) is 2.50. The lowest BCUT2D eigenvalue weighted by Gasteiger charge is -2.49. The Morgan fingerprint density at radius 3 is 2.50 bits per heavy atom. The van der Waals surface area contributed by atoms with Crippen LogP contribution in [0.25, 0.3) is 0 Å². The number of likely N-dealkylation sites (N-methyl/N-ethyl adjacent to an activating group) is 1. The molecule has 1 aliphatic rings. The molecule has 100 valence electrons. The van der Waals surface area contributed by atoms with Crippen molar-refractivity contribution in [2.24, 2.45) is 0 Å². The second kappa shape index (κ2) is 5.19. The third-order valence-electron chi connectivity index (χ3n) is 4.16. The lowest BCUT2D eigenvalue weighted by molar-refractivity contribution is 0.275. The maximum absolute atomic E-state index is 5.22. The molecule has 1 unspecified atom stereocenters. The first-order valence-electron chi connectivity index (χ1n) is 6.68. The van der Waals surface area contributed by atoms with Crippen LogP contribution in [0.2, 0.25) is 0 Å². The molecule has 1 fully saturated rings. The van der Waals surface area contributed by atoms with Gasteiger partial charge < -0.3 is 15.0 Å². The Morgan fingerprint density at radius 1 is 1.28 bits per heavy atom. The van der Waals surface area contributed by atoms with Crippen LogP contribution in [-0.2, 0) is 0 Å². The fourth-order valence-electron chi connectivity index (χ4n) is 3.00. The van der Waals surface area contributed by atoms with Gasteiger partial charge in [0, 0.05) is 23.8 Å². The molecule has 0 saturated carbocycles. The Labute approximate surface area is 110 Å². The highest BCUT2D eigenvalue weighted by molar-refractivity contribution is 5.52. The van der Waals surface area contributed by atoms with Crippen molar-refractivity contribution in [2.45, 2.75) is 38.3 Å². The number of benzene rings is 1. The average Bonchev–Trinajstić information content (AvgIpc) is 2.38. The maximum Gasteiger partial charge on any atom is 0.119 e. The van der Waals surface area contributed by atoms with Crippen LogP contribution in [0.5, 0.6) is 5.75 Å². The third kappa shape index (κ3) is 2.32. The van der Waals surface area contributed by atoms with Gasteiger partial charge >= 0.3 is 0 Å². The quantitative estimate of drug-likeness (QED) is 0.890. The van der Waals surface area contributed by atoms with E-state index in [4.69, 9.17) is 4.74 Å². The van der Waals surface area contributed by atoms with E-state index in [0.717, 1.165) is 12.3 Å². The fraction of sp³-hybridized carbons (Fsp3) is 0.600. The van der Waals surface area contributed by atoms with Crippen molar-refractivity contribution in [3.63, 3.8) is 0 Å². The van der Waals surface area contributed by atoms with Gasteiger partial charge in [0.15, 0.2) is 0 Å². The van der Waals surface area contributed by atoms with Crippen LogP contribution in [0, 0.1) is 0 Å². The summed E-state index contributed by atoms with van der Waals surface area (Å²) in [5.74, 6) is 0.915. The molecule has 1 saturated heterocycles. The summed E-state index contributed by atoms with van der Waals surface area (Å²) in [6.45, 7) is 5.76. The SMILES string of the molecule is CNC1CCCN(c2ccc(OC)cc2)C1(C)C. The first kappa shape index (κ1) is 13.2. The van der Waals surface area contributed by atoms with Gasteiger partial charge in [-0.1, -0.05) is 0 Å². The van der Waals surface area contributed by atoms with E-state index in [0.29, 0.717) is 6.04 Å². The molecule has 1 heterocycles. The van der Waals surface area contributed by atoms with Crippen molar-refractivity contribution in [1.82, 2.24) is 5.32 Å². The Morgan fingerprint density at radius 2 is 1.94 bits per heavy atom. The minimum Gasteiger partial charge on any atom is -0.497 e. The monoisotopic (exact) mass is 248 g/mol. The molecular formula is C15H24N2O. The molecule has 1 aromatic rings. The topological polar surface area (TPSA) is 24.5 Å². The maximum atomic E-state index is 5.22. The molecule has 1 aromatic carbocycles. The first-order chi connectivity index (χ1) is 8.59. The predicted octanol–water partition coefficient (Wildman–Crippen LogP) is 2.66. The molecule has 0 amide bonds. The van der Waals surface area contributed by atoms with Crippen LogP contribution in [0.4, 0.5) is 5.69 Å². The summed E-state index contributed by atoms with van der Waals surface area (Å²) >= 11 is 0. The summed E-state index contributed by atoms with van der Waals surface area (Å²) in [6, 6.07) is 8.91. The van der Waals surface area contributed by atoms with Crippen LogP contribution in [0.15, 0.2) is 24.3 Å². The molecule has 18 heavy (non-hydrogen) atoms. The summed E-state index contributed by atoms with van der Waals surface area (Å²) in [6.07, 6.45) is 2.48. The minimum atomic E-state index is 0.140. The lowest BCUT2D eigenvalue weighted by Crippen LogP contribution is -2.60. The molecule has 1 aliphatic heterocycles. The average molecular weight is 248 g/mol. The molecule has 3 heteroatoms. The van der Waals surface area contributed by atoms with E-state index >= 15 is 0 Å². The van der Waals surface area contributed by atoms with Crippen molar-refractivity contribution < 1.29 is 4.74 Å². The Balaban J connectivity index is 2.24. The van der Waals surface area contributed by atoms with E-state index in [9.17, 15) is 0 Å². The zero-order valence-electron chi connectivity index (χ0n) is 11.9. The van der Waals surface area contributed by atoms with Crippen molar-refractivity contribution in [3.05, 3.63) is 24.3 Å². The van der Waals surface area contributed by atoms with Crippen LogP contribution < -0.4 is 15.0 Å². The standard InChI is InChI=1S/C15H24N2O/c1-15(2)14(16-3)6-5-11-17(15)12-7-9-13(18-4)10-8-12/h7-10,14,16H,5-6,11H2,1-4H3. The van der Waals surface area contributed by atoms with Crippen molar-refractivity contribution in [2.75, 3.05) is 25.6 Å². The molecule has 0 aliphatic carbocycles. The number of nitrogens with zero attached hydrogens (tertiary/aromatic N) is 1. The number of hydrogen-bond donors (Lipinski definition) is 1. The summed E-state index contributed by atoms with van der Waals surface area (Å²) in [7, 11) is 3.76. The van der Waals surface area contributed by atoms with E-state index in [1.165, 1.54) is 18.5 Å². The van der Waals surface area contributed by atoms with Gasteiger partial charge in [0.1, 0.15) is 5.75 Å². The van der Waals surface area contributed by atoms with Crippen LogP contribution in [0.1, 0.15) is 26.7 Å². The number of ether oxygens (including phenoxy) is 1. The summed E-state index contributed by atoms with van der Waals surface area (Å²) in [5, 5.41) is 3.45. The molecule has 2 rings (SSSR count). The Hall–Kier alpha value is -1.22. The number of piperidine rings is 1. The number of methoxy groups -OCH3 is 1. The number of anilines is 1. The highest BCUT2D eigenvalue weighted by Gasteiger charge is 2.37. The Kier molecular flexibility index (Phi) is 3.81. The first-order valence-corrected chi connectivity index (χ1v) is 6.68. The van der Waals surface area contributed by atoms with Crippen molar-refractivity contribution >= 4 is 5.69 Å². The van der Waals surface area contributed by atoms with Gasteiger partial charge in [-0.3, -0.25) is 0 Å². The molecule has 1 atom stereocenters. The highest BCUT2D eigenvalue weighted by Crippen LogP contribution is 2.33. The minimum absolute atomic E-state index is 0.140. The zero-order valence-corrected chi connectivity index (χ0v) is 11.9. The Bertz CT molecular complexity index is 386. The van der Waals surface area contributed by atoms with E-state index < -0.39 is 0 Å². The fourth-order valence-corrected chi connectivity index (χ4v) is 3.00. The van der Waals surface area contributed by atoms with E-state index in [1.807, 2.05) is 12.1 Å². The zero-order chi connectivity index (χ0) is 13.2. The van der Waals surface area contributed by atoms with Gasteiger partial charge in [-0.25, -0.2) is 0 Å². The van der Waals surface area contributed by atoms with Gasteiger partial charge in [0.25, 0.3) is 0 Å². The second-order valence-electron chi connectivity index (χ2n) is 5.49. The normalized spacial score (nSPS) is 22.9. The largest absolute Gasteiger partial charge is 0.497 e. The number of nitrogens with one attached hydrogen (secondary N) is 1. The molecule has 3 nitrogen and oxygen atoms in total. The molecule has 0 radical (unpaired) electrons. The molecular weight excluding hydrogens is 224 g/mol. The van der Waals surface area contributed by atoms with E-state index in [-0.39, 0.29) is 5.54 Å². The summed E-state index contributed by atoms with van der Waals surface area (Å²) in [5.41, 5.74) is 1.42. The molecule has 1 N–H and O–H groups in total. The van der Waals surface area contributed by atoms with Gasteiger partial charge in [-0.2, -0.15) is 0 Å². The summed E-state index contributed by atoms with van der Waals surface area (Å²) < 4.78 is 5.22. The van der Waals surface area contributed by atoms with E-state index in [1.54, 1.807) is 7.11 Å². The van der Waals surface area contributed by atoms with Gasteiger partial charge in [0.05, 0.1) is 7.11 Å². The molecule has 0 bridgehead atoms. The number of rotatable bonds is 3. The van der Waals surface area contributed by atoms with Gasteiger partial charge in [0.2, 0.25) is 0 Å². The second-order valence-corrected chi connectivity index (χ2v) is 5.49. The van der Waals surface area contributed by atoms with Crippen LogP contribution in [0.3, 0.4) is 0 Å². The van der Waals surface area contributed by atoms with Crippen LogP contribution in [-0.4, -0.2) is 32.3 Å². The molecule has 0 aromatic heterocycles. The smallest absolute Gasteiger partial charge is 0.119 e. The predicted molar refractivity (Wildman–Crippen MR) is 76.5 cm³/mol. The van der Waals surface area contributed by atoms with Crippen LogP contribution >= 0.6 is 0 Å². The number of hydrogen-bond acceptors (Lipinski definition) is 3. The van der Waals surface area contributed by atoms with Crippen molar-refractivity contribution in [1.29, 1.82) is 0 Å². The highest BCUT2D eigenvalue weighted by atomic mass is 16.5. The molecule has 0 spiro atoms. The van der Waals surface area contributed by atoms with Crippen molar-refractivity contribution in [3.8, 4) is 5.75 Å². The third-order valence-corrected chi connectivity index (χ3v) is 4.16. The van der Waals surface area contributed by atoms with Gasteiger partial charge in [-0.15, -0.1) is 0 Å². The van der Waals surface area contributed by atoms with E-state index in [2.05, 4.69) is 43.2 Å². The lowest BCUT2D eigenvalue weighted by atomic mass is 9.84.